The van der Waals surface area contributed by atoms with E-state index in [0.29, 0.717) is 22.8 Å². The molecule has 0 aromatic carbocycles. The van der Waals surface area contributed by atoms with Gasteiger partial charge in [-0.1, -0.05) is 28.1 Å². The first-order valence-electron chi connectivity index (χ1n) is 18.4. The molecule has 0 aliphatic rings. The molecule has 0 saturated carbocycles. The normalized spacial score (nSPS) is 11.1. The molecule has 13 nitrogen and oxygen atoms in total. The van der Waals surface area contributed by atoms with Gasteiger partial charge in [0.1, 0.15) is 11.4 Å². The van der Waals surface area contributed by atoms with Crippen LogP contribution in [0.3, 0.4) is 0 Å². The third-order valence-electron chi connectivity index (χ3n) is 8.09. The molecule has 0 aliphatic carbocycles. The van der Waals surface area contributed by atoms with Crippen molar-refractivity contribution in [2.45, 2.75) is 53.9 Å². The van der Waals surface area contributed by atoms with Crippen LogP contribution in [0.4, 0.5) is 0 Å². The summed E-state index contributed by atoms with van der Waals surface area (Å²) in [6.07, 6.45) is 0. The zero-order chi connectivity index (χ0) is 40.7. The van der Waals surface area contributed by atoms with Crippen molar-refractivity contribution in [3.8, 4) is 20.9 Å². The second kappa shape index (κ2) is 21.6. The number of esters is 4. The Morgan fingerprint density at radius 2 is 0.947 bits per heavy atom. The molecule has 5 aromatic heterocycles. The largest absolute Gasteiger partial charge is 0.465 e. The highest BCUT2D eigenvalue weighted by Gasteiger charge is 2.21. The van der Waals surface area contributed by atoms with E-state index in [1.807, 2.05) is 69.1 Å². The molecule has 0 amide bonds. The van der Waals surface area contributed by atoms with Crippen molar-refractivity contribution in [1.82, 2.24) is 24.8 Å². The lowest BCUT2D eigenvalue weighted by atomic mass is 10.1. The maximum absolute atomic E-state index is 12.9. The van der Waals surface area contributed by atoms with E-state index in [9.17, 15) is 19.2 Å². The first-order chi connectivity index (χ1) is 27.6. The molecule has 0 radical (unpaired) electrons. The molecule has 57 heavy (non-hydrogen) atoms. The predicted molar refractivity (Wildman–Crippen MR) is 220 cm³/mol. The van der Waals surface area contributed by atoms with Gasteiger partial charge in [0.15, 0.2) is 0 Å². The lowest BCUT2D eigenvalue weighted by Crippen LogP contribution is -2.32. The van der Waals surface area contributed by atoms with Crippen LogP contribution < -0.4 is 0 Å². The Balaban J connectivity index is 1.45. The van der Waals surface area contributed by atoms with E-state index in [-0.39, 0.29) is 77.1 Å². The van der Waals surface area contributed by atoms with E-state index in [4.69, 9.17) is 23.9 Å². The first kappa shape index (κ1) is 43.3. The second-order valence-corrected chi connectivity index (χ2v) is 15.3. The fourth-order valence-corrected chi connectivity index (χ4v) is 7.89. The highest BCUT2D eigenvalue weighted by Crippen LogP contribution is 2.28. The number of halogens is 1. The molecule has 5 heterocycles. The van der Waals surface area contributed by atoms with E-state index in [1.54, 1.807) is 39.8 Å². The van der Waals surface area contributed by atoms with Crippen LogP contribution in [-0.2, 0) is 54.7 Å². The fourth-order valence-electron chi connectivity index (χ4n) is 5.93. The summed E-state index contributed by atoms with van der Waals surface area (Å²) in [6, 6.07) is 18.7. The summed E-state index contributed by atoms with van der Waals surface area (Å²) in [5.41, 5.74) is 4.33. The predicted octanol–water partition coefficient (Wildman–Crippen LogP) is 7.58. The van der Waals surface area contributed by atoms with Gasteiger partial charge in [0.05, 0.1) is 62.3 Å². The summed E-state index contributed by atoms with van der Waals surface area (Å²) in [7, 11) is 0. The average molecular weight is 879 g/mol. The van der Waals surface area contributed by atoms with Crippen molar-refractivity contribution >= 4 is 62.5 Å². The Labute approximate surface area is 348 Å². The number of hydrogen-bond donors (Lipinski definition) is 0. The number of pyridine rings is 3. The maximum atomic E-state index is 12.9. The number of nitrogens with zero attached hydrogens (tertiary/aromatic N) is 5. The van der Waals surface area contributed by atoms with Crippen LogP contribution in [0.2, 0.25) is 0 Å². The molecule has 300 valence electrons. The monoisotopic (exact) mass is 877 g/mol. The van der Waals surface area contributed by atoms with Gasteiger partial charge in [0.2, 0.25) is 0 Å². The number of carbonyl (C=O) groups is 4. The molecular formula is C41H44BrN5O8S2. The van der Waals surface area contributed by atoms with Gasteiger partial charge in [-0.05, 0) is 98.1 Å². The summed E-state index contributed by atoms with van der Waals surface area (Å²) in [5.74, 6) is -1.92. The van der Waals surface area contributed by atoms with Crippen molar-refractivity contribution in [3.05, 3.63) is 110 Å². The van der Waals surface area contributed by atoms with E-state index < -0.39 is 23.9 Å². The number of carbonyl (C=O) groups excluding carboxylic acids is 4. The molecule has 0 bridgehead atoms. The molecule has 0 fully saturated rings. The van der Waals surface area contributed by atoms with Gasteiger partial charge in [-0.25, -0.2) is 19.6 Å². The Kier molecular flexibility index (Phi) is 16.4. The molecular weight excluding hydrogens is 835 g/mol. The van der Waals surface area contributed by atoms with Crippen molar-refractivity contribution in [1.29, 1.82) is 0 Å². The topological polar surface area (TPSA) is 150 Å². The average Bonchev–Trinajstić information content (AvgIpc) is 3.91. The van der Waals surface area contributed by atoms with Crippen LogP contribution in [0.5, 0.6) is 0 Å². The summed E-state index contributed by atoms with van der Waals surface area (Å²) in [6.45, 7) is 8.49. The second-order valence-electron chi connectivity index (χ2n) is 12.5. The van der Waals surface area contributed by atoms with E-state index in [1.165, 1.54) is 22.7 Å². The lowest BCUT2D eigenvalue weighted by Gasteiger charge is -2.23. The Morgan fingerprint density at radius 3 is 1.30 bits per heavy atom. The van der Waals surface area contributed by atoms with Crippen molar-refractivity contribution < 1.29 is 38.1 Å². The number of thiophene rings is 2. The zero-order valence-corrected chi connectivity index (χ0v) is 35.4. The number of hydrogen-bond acceptors (Lipinski definition) is 15. The van der Waals surface area contributed by atoms with Gasteiger partial charge >= 0.3 is 23.9 Å². The standard InChI is InChI=1S/C41H44BrN5O8S2/c1-5-52-38(48)25-46(21-30-15-27(36-11-9-13-56-36)17-34(44-30)40(50)54-7-3)23-32-19-29(42)20-33(43-32)24-47(26-39(49)53-6-2)22-31-16-28(37-12-10-14-57-37)18-35(45-31)41(51)55-8-4/h9-20H,5-8,21-26H2,1-4H3. The Hall–Kier alpha value is -4.87. The summed E-state index contributed by atoms with van der Waals surface area (Å²) >= 11 is 6.71. The first-order valence-corrected chi connectivity index (χ1v) is 21.0. The van der Waals surface area contributed by atoms with Gasteiger partial charge in [-0.15, -0.1) is 22.7 Å². The molecule has 0 spiro atoms. The summed E-state index contributed by atoms with van der Waals surface area (Å²) in [5, 5.41) is 3.91. The molecule has 0 atom stereocenters. The van der Waals surface area contributed by atoms with Crippen LogP contribution in [0, 0.1) is 0 Å². The van der Waals surface area contributed by atoms with E-state index in [2.05, 4.69) is 25.9 Å². The highest BCUT2D eigenvalue weighted by atomic mass is 79.9. The minimum absolute atomic E-state index is 0.0684. The van der Waals surface area contributed by atoms with Crippen LogP contribution in [0.15, 0.2) is 75.9 Å². The van der Waals surface area contributed by atoms with Crippen LogP contribution in [0.1, 0.15) is 71.4 Å². The van der Waals surface area contributed by atoms with Crippen LogP contribution in [-0.4, -0.2) is 88.1 Å². The minimum atomic E-state index is -0.537. The lowest BCUT2D eigenvalue weighted by molar-refractivity contribution is -0.145. The Morgan fingerprint density at radius 1 is 0.561 bits per heavy atom. The van der Waals surface area contributed by atoms with Crippen molar-refractivity contribution in [2.75, 3.05) is 39.5 Å². The van der Waals surface area contributed by atoms with Gasteiger partial charge in [0, 0.05) is 40.4 Å². The highest BCUT2D eigenvalue weighted by molar-refractivity contribution is 9.10. The summed E-state index contributed by atoms with van der Waals surface area (Å²) < 4.78 is 21.9. The van der Waals surface area contributed by atoms with E-state index >= 15 is 0 Å². The van der Waals surface area contributed by atoms with Gasteiger partial charge < -0.3 is 18.9 Å². The maximum Gasteiger partial charge on any atom is 0.356 e. The van der Waals surface area contributed by atoms with Gasteiger partial charge in [0.25, 0.3) is 0 Å². The van der Waals surface area contributed by atoms with E-state index in [0.717, 1.165) is 25.4 Å². The van der Waals surface area contributed by atoms with Crippen LogP contribution >= 0.6 is 38.6 Å². The number of ether oxygens (including phenoxy) is 4. The molecule has 5 rings (SSSR count). The van der Waals surface area contributed by atoms with Crippen molar-refractivity contribution in [2.24, 2.45) is 0 Å². The van der Waals surface area contributed by atoms with Crippen LogP contribution in [0.25, 0.3) is 20.9 Å². The van der Waals surface area contributed by atoms with Gasteiger partial charge in [-0.2, -0.15) is 0 Å². The molecule has 5 aromatic rings. The van der Waals surface area contributed by atoms with Crippen molar-refractivity contribution in [3.63, 3.8) is 0 Å². The number of aromatic nitrogens is 3. The quantitative estimate of drug-likeness (QED) is 0.0559. The smallest absolute Gasteiger partial charge is 0.356 e. The molecule has 0 saturated heterocycles. The molecule has 0 N–H and O–H groups in total. The molecule has 16 heteroatoms. The fraction of sp³-hybridized carbons (Fsp3) is 0.341. The number of rotatable bonds is 20. The van der Waals surface area contributed by atoms with Gasteiger partial charge in [-0.3, -0.25) is 24.4 Å². The third kappa shape index (κ3) is 13.1. The molecule has 0 unspecified atom stereocenters. The summed E-state index contributed by atoms with van der Waals surface area (Å²) in [4.78, 5) is 71.3. The zero-order valence-electron chi connectivity index (χ0n) is 32.2. The molecule has 0 aliphatic heterocycles. The third-order valence-corrected chi connectivity index (χ3v) is 10.4. The SMILES string of the molecule is CCOC(=O)CN(Cc1cc(Br)cc(CN(CC(=O)OCC)Cc2cc(-c3cccs3)cc(C(=O)OCC)n2)n1)Cc1cc(-c2cccs2)cc(C(=O)OCC)n1. The minimum Gasteiger partial charge on any atom is -0.465 e. The Bertz CT molecular complexity index is 1990.